The third-order valence-electron chi connectivity index (χ3n) is 1.95. The molecule has 0 heterocycles. The van der Waals surface area contributed by atoms with Crippen molar-refractivity contribution in [2.45, 2.75) is 32.3 Å². The smallest absolute Gasteiger partial charge is 0.0753 e. The van der Waals surface area contributed by atoms with Crippen LogP contribution in [0.3, 0.4) is 0 Å². The summed E-state index contributed by atoms with van der Waals surface area (Å²) in [5.41, 5.74) is 1.48. The van der Waals surface area contributed by atoms with Crippen LogP contribution in [0.25, 0.3) is 0 Å². The lowest BCUT2D eigenvalue weighted by atomic mass is 10.1. The molecule has 0 N–H and O–H groups in total. The first kappa shape index (κ1) is 6.81. The van der Waals surface area contributed by atoms with Crippen LogP contribution in [-0.4, -0.2) is 13.2 Å². The van der Waals surface area contributed by atoms with Gasteiger partial charge in [-0.2, -0.15) is 0 Å². The molecule has 0 spiro atoms. The molecule has 0 amide bonds. The first-order chi connectivity index (χ1) is 4.34. The van der Waals surface area contributed by atoms with Crippen molar-refractivity contribution in [3.63, 3.8) is 0 Å². The van der Waals surface area contributed by atoms with Crippen molar-refractivity contribution >= 4 is 0 Å². The van der Waals surface area contributed by atoms with Crippen molar-refractivity contribution in [2.75, 3.05) is 7.11 Å². The number of methoxy groups -OCH3 is 1. The molecule has 0 fully saturated rings. The van der Waals surface area contributed by atoms with Crippen LogP contribution >= 0.6 is 0 Å². The quantitative estimate of drug-likeness (QED) is 0.515. The average Bonchev–Trinajstić information content (AvgIpc) is 2.37. The van der Waals surface area contributed by atoms with E-state index in [0.717, 1.165) is 0 Å². The van der Waals surface area contributed by atoms with Crippen molar-refractivity contribution in [1.29, 1.82) is 0 Å². The Hall–Kier alpha value is -0.300. The number of allylic oxidation sites excluding steroid dienone is 1. The largest absolute Gasteiger partial charge is 0.377 e. The highest BCUT2D eigenvalue weighted by Crippen LogP contribution is 2.21. The van der Waals surface area contributed by atoms with Crippen LogP contribution < -0.4 is 0 Å². The molecule has 1 atom stereocenters. The van der Waals surface area contributed by atoms with Gasteiger partial charge in [-0.05, 0) is 31.8 Å². The van der Waals surface area contributed by atoms with Crippen molar-refractivity contribution in [1.82, 2.24) is 0 Å². The van der Waals surface area contributed by atoms with Crippen LogP contribution in [0.2, 0.25) is 0 Å². The molecule has 1 aliphatic carbocycles. The zero-order valence-electron chi connectivity index (χ0n) is 6.18. The lowest BCUT2D eigenvalue weighted by Gasteiger charge is -2.09. The standard InChI is InChI=1S/C8H14O/c1-7(9-2)8-5-3-4-6-8/h5,7H,3-4,6H2,1-2H3. The maximum Gasteiger partial charge on any atom is 0.0753 e. The number of ether oxygens (including phenoxy) is 1. The summed E-state index contributed by atoms with van der Waals surface area (Å²) < 4.78 is 5.17. The lowest BCUT2D eigenvalue weighted by molar-refractivity contribution is 0.145. The van der Waals surface area contributed by atoms with E-state index in [1.54, 1.807) is 7.11 Å². The molecule has 0 aromatic heterocycles. The molecule has 1 nitrogen and oxygen atoms in total. The van der Waals surface area contributed by atoms with Gasteiger partial charge in [-0.3, -0.25) is 0 Å². The Bertz CT molecular complexity index is 116. The van der Waals surface area contributed by atoms with Gasteiger partial charge in [-0.1, -0.05) is 6.08 Å². The fraction of sp³-hybridized carbons (Fsp3) is 0.750. The van der Waals surface area contributed by atoms with Gasteiger partial charge in [0.2, 0.25) is 0 Å². The average molecular weight is 126 g/mol. The Morgan fingerprint density at radius 1 is 1.67 bits per heavy atom. The van der Waals surface area contributed by atoms with Gasteiger partial charge in [0.05, 0.1) is 6.10 Å². The van der Waals surface area contributed by atoms with E-state index in [9.17, 15) is 0 Å². The van der Waals surface area contributed by atoms with E-state index in [-0.39, 0.29) is 0 Å². The molecule has 0 aliphatic heterocycles. The van der Waals surface area contributed by atoms with Crippen LogP contribution in [-0.2, 0) is 4.74 Å². The van der Waals surface area contributed by atoms with Crippen LogP contribution in [0.1, 0.15) is 26.2 Å². The third kappa shape index (κ3) is 1.55. The Morgan fingerprint density at radius 3 is 2.89 bits per heavy atom. The minimum absolute atomic E-state index is 0.354. The van der Waals surface area contributed by atoms with Crippen LogP contribution in [0.4, 0.5) is 0 Å². The zero-order valence-corrected chi connectivity index (χ0v) is 6.18. The molecule has 0 radical (unpaired) electrons. The summed E-state index contributed by atoms with van der Waals surface area (Å²) in [4.78, 5) is 0. The van der Waals surface area contributed by atoms with Gasteiger partial charge in [0.1, 0.15) is 0 Å². The molecule has 9 heavy (non-hydrogen) atoms. The van der Waals surface area contributed by atoms with Gasteiger partial charge in [0.25, 0.3) is 0 Å². The summed E-state index contributed by atoms with van der Waals surface area (Å²) in [6, 6.07) is 0. The SMILES string of the molecule is COC(C)C1=CCCC1. The van der Waals surface area contributed by atoms with E-state index in [0.29, 0.717) is 6.10 Å². The Balaban J connectivity index is 2.40. The number of rotatable bonds is 2. The topological polar surface area (TPSA) is 9.23 Å². The van der Waals surface area contributed by atoms with Gasteiger partial charge >= 0.3 is 0 Å². The van der Waals surface area contributed by atoms with E-state index in [1.807, 2.05) is 0 Å². The summed E-state index contributed by atoms with van der Waals surface area (Å²) in [6.07, 6.45) is 6.47. The predicted octanol–water partition coefficient (Wildman–Crippen LogP) is 2.13. The molecule has 0 saturated carbocycles. The second-order valence-electron chi connectivity index (χ2n) is 2.55. The fourth-order valence-corrected chi connectivity index (χ4v) is 1.22. The summed E-state index contributed by atoms with van der Waals surface area (Å²) in [6.45, 7) is 2.11. The molecule has 0 saturated heterocycles. The van der Waals surface area contributed by atoms with Crippen molar-refractivity contribution < 1.29 is 4.74 Å². The summed E-state index contributed by atoms with van der Waals surface area (Å²) >= 11 is 0. The lowest BCUT2D eigenvalue weighted by Crippen LogP contribution is -2.06. The second-order valence-corrected chi connectivity index (χ2v) is 2.55. The van der Waals surface area contributed by atoms with Crippen LogP contribution in [0.5, 0.6) is 0 Å². The molecule has 1 unspecified atom stereocenters. The fourth-order valence-electron chi connectivity index (χ4n) is 1.22. The highest BCUT2D eigenvalue weighted by molar-refractivity contribution is 5.11. The summed E-state index contributed by atoms with van der Waals surface area (Å²) in [7, 11) is 1.77. The predicted molar refractivity (Wildman–Crippen MR) is 38.4 cm³/mol. The van der Waals surface area contributed by atoms with Gasteiger partial charge in [-0.15, -0.1) is 0 Å². The molecule has 0 aromatic carbocycles. The van der Waals surface area contributed by atoms with E-state index in [2.05, 4.69) is 13.0 Å². The molecular formula is C8H14O. The Kier molecular flexibility index (Phi) is 2.29. The summed E-state index contributed by atoms with van der Waals surface area (Å²) in [5, 5.41) is 0. The number of hydrogen-bond donors (Lipinski definition) is 0. The Labute approximate surface area is 56.7 Å². The van der Waals surface area contributed by atoms with Gasteiger partial charge in [-0.25, -0.2) is 0 Å². The number of hydrogen-bond acceptors (Lipinski definition) is 1. The molecule has 0 bridgehead atoms. The Morgan fingerprint density at radius 2 is 2.44 bits per heavy atom. The zero-order chi connectivity index (χ0) is 6.69. The van der Waals surface area contributed by atoms with Gasteiger partial charge in [0, 0.05) is 7.11 Å². The van der Waals surface area contributed by atoms with Crippen molar-refractivity contribution in [3.8, 4) is 0 Å². The maximum atomic E-state index is 5.17. The van der Waals surface area contributed by atoms with E-state index >= 15 is 0 Å². The minimum Gasteiger partial charge on any atom is -0.377 e. The minimum atomic E-state index is 0.354. The normalized spacial score (nSPS) is 21.8. The van der Waals surface area contributed by atoms with E-state index in [4.69, 9.17) is 4.74 Å². The summed E-state index contributed by atoms with van der Waals surface area (Å²) in [5.74, 6) is 0. The highest BCUT2D eigenvalue weighted by atomic mass is 16.5. The van der Waals surface area contributed by atoms with Crippen molar-refractivity contribution in [2.24, 2.45) is 0 Å². The molecule has 0 aromatic rings. The molecule has 52 valence electrons. The molecule has 1 rings (SSSR count). The van der Waals surface area contributed by atoms with Gasteiger partial charge in [0.15, 0.2) is 0 Å². The third-order valence-corrected chi connectivity index (χ3v) is 1.95. The maximum absolute atomic E-state index is 5.17. The molecular weight excluding hydrogens is 112 g/mol. The van der Waals surface area contributed by atoms with Crippen molar-refractivity contribution in [3.05, 3.63) is 11.6 Å². The van der Waals surface area contributed by atoms with E-state index < -0.39 is 0 Å². The van der Waals surface area contributed by atoms with Gasteiger partial charge < -0.3 is 4.74 Å². The van der Waals surface area contributed by atoms with E-state index in [1.165, 1.54) is 24.8 Å². The van der Waals surface area contributed by atoms with Crippen LogP contribution in [0.15, 0.2) is 11.6 Å². The first-order valence-electron chi connectivity index (χ1n) is 3.56. The molecule has 1 aliphatic rings. The first-order valence-corrected chi connectivity index (χ1v) is 3.56. The van der Waals surface area contributed by atoms with Crippen LogP contribution in [0, 0.1) is 0 Å². The molecule has 1 heteroatoms. The highest BCUT2D eigenvalue weighted by Gasteiger charge is 2.10. The second kappa shape index (κ2) is 3.02. The monoisotopic (exact) mass is 126 g/mol.